The van der Waals surface area contributed by atoms with E-state index in [1.807, 2.05) is 52.7 Å². The Labute approximate surface area is 176 Å². The summed E-state index contributed by atoms with van der Waals surface area (Å²) in [6.07, 6.45) is 2.30. The van der Waals surface area contributed by atoms with Crippen LogP contribution in [0.3, 0.4) is 0 Å². The molecule has 1 aliphatic rings. The Balaban J connectivity index is 1.59. The Morgan fingerprint density at radius 1 is 1.07 bits per heavy atom. The molecule has 0 spiro atoms. The van der Waals surface area contributed by atoms with Gasteiger partial charge in [0, 0.05) is 25.2 Å². The monoisotopic (exact) mass is 410 g/mol. The zero-order valence-electron chi connectivity index (χ0n) is 17.0. The molecule has 0 radical (unpaired) electrons. The van der Waals surface area contributed by atoms with E-state index in [2.05, 4.69) is 17.0 Å². The molecule has 0 amide bonds. The van der Waals surface area contributed by atoms with Crippen LogP contribution in [-0.2, 0) is 13.7 Å². The lowest BCUT2D eigenvalue weighted by Crippen LogP contribution is -2.27. The molecule has 0 bridgehead atoms. The van der Waals surface area contributed by atoms with Gasteiger partial charge in [0.05, 0.1) is 20.9 Å². The van der Waals surface area contributed by atoms with E-state index in [0.717, 1.165) is 35.9 Å². The van der Waals surface area contributed by atoms with Crippen molar-refractivity contribution in [2.75, 3.05) is 20.8 Å². The van der Waals surface area contributed by atoms with Crippen molar-refractivity contribution in [3.63, 3.8) is 0 Å². The first-order chi connectivity index (χ1) is 14.1. The van der Waals surface area contributed by atoms with Crippen molar-refractivity contribution in [1.82, 2.24) is 19.2 Å². The fraction of sp³-hybridized carbons (Fsp3) is 0.364. The number of ether oxygens (including phenoxy) is 2. The average Bonchev–Trinajstić information content (AvgIpc) is 3.34. The van der Waals surface area contributed by atoms with Crippen LogP contribution >= 0.6 is 12.2 Å². The molecule has 1 atom stereocenters. The minimum Gasteiger partial charge on any atom is -0.497 e. The second-order valence-electron chi connectivity index (χ2n) is 7.28. The molecule has 0 unspecified atom stereocenters. The van der Waals surface area contributed by atoms with Gasteiger partial charge in [-0.15, -0.1) is 0 Å². The normalized spacial score (nSPS) is 16.9. The summed E-state index contributed by atoms with van der Waals surface area (Å²) in [4.78, 5) is 2.44. The number of likely N-dealkylation sites (tertiary alicyclic amines) is 1. The molecule has 152 valence electrons. The highest BCUT2D eigenvalue weighted by Crippen LogP contribution is 2.33. The first-order valence-corrected chi connectivity index (χ1v) is 10.2. The summed E-state index contributed by atoms with van der Waals surface area (Å²) in [6.45, 7) is 1.71. The van der Waals surface area contributed by atoms with Gasteiger partial charge in [0.2, 0.25) is 0 Å². The van der Waals surface area contributed by atoms with Crippen molar-refractivity contribution in [3.05, 3.63) is 58.9 Å². The summed E-state index contributed by atoms with van der Waals surface area (Å²) >= 11 is 5.69. The summed E-state index contributed by atoms with van der Waals surface area (Å²) in [7, 11) is 5.33. The van der Waals surface area contributed by atoms with Gasteiger partial charge < -0.3 is 14.0 Å². The summed E-state index contributed by atoms with van der Waals surface area (Å²) in [5.74, 6) is 2.53. The first kappa shape index (κ1) is 19.7. The molecule has 0 aliphatic carbocycles. The minimum atomic E-state index is 0.366. The molecule has 0 saturated carbocycles. The lowest BCUT2D eigenvalue weighted by Gasteiger charge is -2.24. The topological polar surface area (TPSA) is 44.4 Å². The fourth-order valence-corrected chi connectivity index (χ4v) is 4.15. The van der Waals surface area contributed by atoms with Gasteiger partial charge in [0.25, 0.3) is 0 Å². The average molecular weight is 411 g/mol. The summed E-state index contributed by atoms with van der Waals surface area (Å²) in [5, 5.41) is 4.83. The molecule has 2 aromatic carbocycles. The predicted molar refractivity (Wildman–Crippen MR) is 116 cm³/mol. The summed E-state index contributed by atoms with van der Waals surface area (Å²) < 4.78 is 15.2. The molecule has 4 rings (SSSR count). The molecule has 1 aliphatic heterocycles. The highest BCUT2D eigenvalue weighted by Gasteiger charge is 2.27. The largest absolute Gasteiger partial charge is 0.497 e. The molecule has 0 N–H and O–H groups in total. The van der Waals surface area contributed by atoms with Gasteiger partial charge in [0.15, 0.2) is 10.6 Å². The van der Waals surface area contributed by atoms with E-state index in [1.54, 1.807) is 14.2 Å². The molecule has 1 fully saturated rings. The molecule has 1 saturated heterocycles. The maximum absolute atomic E-state index is 5.69. The number of aromatic nitrogens is 3. The Bertz CT molecular complexity index is 1040. The van der Waals surface area contributed by atoms with Gasteiger partial charge in [-0.25, -0.2) is 4.68 Å². The van der Waals surface area contributed by atoms with E-state index < -0.39 is 0 Å². The molecule has 29 heavy (non-hydrogen) atoms. The van der Waals surface area contributed by atoms with Crippen LogP contribution in [0.1, 0.15) is 24.4 Å². The summed E-state index contributed by atoms with van der Waals surface area (Å²) in [5.41, 5.74) is 2.29. The number of hydrogen-bond donors (Lipinski definition) is 0. The van der Waals surface area contributed by atoms with Crippen LogP contribution < -0.4 is 9.47 Å². The van der Waals surface area contributed by atoms with Crippen LogP contribution in [0.25, 0.3) is 11.4 Å². The third kappa shape index (κ3) is 3.93. The Hall–Kier alpha value is -2.64. The van der Waals surface area contributed by atoms with Crippen LogP contribution in [0.5, 0.6) is 11.5 Å². The van der Waals surface area contributed by atoms with Crippen molar-refractivity contribution in [3.8, 4) is 22.9 Å². The van der Waals surface area contributed by atoms with E-state index >= 15 is 0 Å². The molecule has 7 heteroatoms. The molecule has 2 heterocycles. The number of hydrogen-bond acceptors (Lipinski definition) is 5. The van der Waals surface area contributed by atoms with E-state index in [1.165, 1.54) is 12.0 Å². The van der Waals surface area contributed by atoms with E-state index in [0.29, 0.717) is 17.5 Å². The highest BCUT2D eigenvalue weighted by molar-refractivity contribution is 7.71. The van der Waals surface area contributed by atoms with Crippen LogP contribution in [0.2, 0.25) is 0 Å². The quantitative estimate of drug-likeness (QED) is 0.563. The third-order valence-corrected chi connectivity index (χ3v) is 6.03. The third-order valence-electron chi connectivity index (χ3n) is 5.55. The van der Waals surface area contributed by atoms with Gasteiger partial charge in [-0.05, 0) is 54.9 Å². The van der Waals surface area contributed by atoms with Crippen molar-refractivity contribution in [1.29, 1.82) is 0 Å². The zero-order valence-corrected chi connectivity index (χ0v) is 17.9. The Kier molecular flexibility index (Phi) is 5.69. The van der Waals surface area contributed by atoms with Crippen molar-refractivity contribution in [2.24, 2.45) is 7.05 Å². The van der Waals surface area contributed by atoms with Crippen LogP contribution in [-0.4, -0.2) is 40.0 Å². The zero-order chi connectivity index (χ0) is 20.4. The molecular weight excluding hydrogens is 384 g/mol. The standard InChI is InChI=1S/C22H26N4O2S/c1-24-21(17-6-4-7-19(14-17)28-3)23-26(22(24)29)15-25-13-5-8-20(25)16-9-11-18(27-2)12-10-16/h4,6-7,9-12,14,20H,5,8,13,15H2,1-3H3/t20-/m1/s1. The lowest BCUT2D eigenvalue weighted by atomic mass is 10.0. The number of nitrogens with zero attached hydrogens (tertiary/aromatic N) is 4. The van der Waals surface area contributed by atoms with Crippen molar-refractivity contribution < 1.29 is 9.47 Å². The Morgan fingerprint density at radius 2 is 1.83 bits per heavy atom. The number of rotatable bonds is 6. The van der Waals surface area contributed by atoms with Gasteiger partial charge in [-0.3, -0.25) is 4.90 Å². The maximum Gasteiger partial charge on any atom is 0.199 e. The molecule has 6 nitrogen and oxygen atoms in total. The molecule has 3 aromatic rings. The van der Waals surface area contributed by atoms with Crippen molar-refractivity contribution in [2.45, 2.75) is 25.6 Å². The van der Waals surface area contributed by atoms with E-state index in [4.69, 9.17) is 26.8 Å². The fourth-order valence-electron chi connectivity index (χ4n) is 3.96. The SMILES string of the molecule is COc1ccc([C@H]2CCCN2Cn2nc(-c3cccc(OC)c3)n(C)c2=S)cc1. The van der Waals surface area contributed by atoms with Crippen LogP contribution in [0, 0.1) is 4.77 Å². The van der Waals surface area contributed by atoms with Gasteiger partial charge in [-0.2, -0.15) is 5.10 Å². The van der Waals surface area contributed by atoms with E-state index in [-0.39, 0.29) is 0 Å². The second kappa shape index (κ2) is 8.39. The van der Waals surface area contributed by atoms with Gasteiger partial charge >= 0.3 is 0 Å². The number of benzene rings is 2. The number of methoxy groups -OCH3 is 2. The van der Waals surface area contributed by atoms with Gasteiger partial charge in [0.1, 0.15) is 11.5 Å². The van der Waals surface area contributed by atoms with E-state index in [9.17, 15) is 0 Å². The maximum atomic E-state index is 5.69. The molecular formula is C22H26N4O2S. The lowest BCUT2D eigenvalue weighted by molar-refractivity contribution is 0.190. The van der Waals surface area contributed by atoms with Crippen molar-refractivity contribution >= 4 is 12.2 Å². The van der Waals surface area contributed by atoms with Crippen LogP contribution in [0.15, 0.2) is 48.5 Å². The Morgan fingerprint density at radius 3 is 2.55 bits per heavy atom. The van der Waals surface area contributed by atoms with Gasteiger partial charge in [-0.1, -0.05) is 24.3 Å². The first-order valence-electron chi connectivity index (χ1n) is 9.77. The minimum absolute atomic E-state index is 0.366. The predicted octanol–water partition coefficient (Wildman–Crippen LogP) is 4.43. The van der Waals surface area contributed by atoms with Crippen LogP contribution in [0.4, 0.5) is 0 Å². The summed E-state index contributed by atoms with van der Waals surface area (Å²) in [6, 6.07) is 16.6. The highest BCUT2D eigenvalue weighted by atomic mass is 32.1. The smallest absolute Gasteiger partial charge is 0.199 e. The molecule has 1 aromatic heterocycles. The second-order valence-corrected chi connectivity index (χ2v) is 7.65.